The molecule has 108 valence electrons. The van der Waals surface area contributed by atoms with Crippen LogP contribution in [0.4, 0.5) is 0 Å². The summed E-state index contributed by atoms with van der Waals surface area (Å²) >= 11 is 3.34. The van der Waals surface area contributed by atoms with E-state index in [1.54, 1.807) is 21.9 Å². The second-order valence-corrected chi connectivity index (χ2v) is 5.72. The van der Waals surface area contributed by atoms with Crippen LogP contribution in [0.1, 0.15) is 17.3 Å². The standard InChI is InChI=1S/C14H17BrN2O3/c1-10(18)13(19)16-6-8-17(9-7-16)14(20)11-2-4-12(15)5-3-11/h2-5,10,18H,6-9H2,1H3. The summed E-state index contributed by atoms with van der Waals surface area (Å²) < 4.78 is 0.932. The molecule has 1 N–H and O–H groups in total. The van der Waals surface area contributed by atoms with Gasteiger partial charge in [-0.3, -0.25) is 9.59 Å². The summed E-state index contributed by atoms with van der Waals surface area (Å²) in [5, 5.41) is 9.28. The van der Waals surface area contributed by atoms with Crippen LogP contribution < -0.4 is 0 Å². The number of aliphatic hydroxyl groups is 1. The van der Waals surface area contributed by atoms with E-state index in [9.17, 15) is 14.7 Å². The maximum absolute atomic E-state index is 12.3. The minimum atomic E-state index is -0.983. The van der Waals surface area contributed by atoms with Crippen molar-refractivity contribution in [2.75, 3.05) is 26.2 Å². The van der Waals surface area contributed by atoms with Crippen molar-refractivity contribution in [3.8, 4) is 0 Å². The Morgan fingerprint density at radius 3 is 2.10 bits per heavy atom. The molecule has 1 heterocycles. The van der Waals surface area contributed by atoms with Crippen molar-refractivity contribution < 1.29 is 14.7 Å². The quantitative estimate of drug-likeness (QED) is 0.877. The molecule has 2 rings (SSSR count). The topological polar surface area (TPSA) is 60.9 Å². The van der Waals surface area contributed by atoms with Crippen molar-refractivity contribution in [3.63, 3.8) is 0 Å². The van der Waals surface area contributed by atoms with Crippen molar-refractivity contribution in [2.45, 2.75) is 13.0 Å². The lowest BCUT2D eigenvalue weighted by Crippen LogP contribution is -2.52. The summed E-state index contributed by atoms with van der Waals surface area (Å²) in [4.78, 5) is 27.3. The molecule has 1 aliphatic heterocycles. The predicted octanol–water partition coefficient (Wildman–Crippen LogP) is 1.11. The highest BCUT2D eigenvalue weighted by Gasteiger charge is 2.26. The van der Waals surface area contributed by atoms with Gasteiger partial charge in [-0.25, -0.2) is 0 Å². The number of halogens is 1. The van der Waals surface area contributed by atoms with E-state index in [4.69, 9.17) is 0 Å². The fraction of sp³-hybridized carbons (Fsp3) is 0.429. The van der Waals surface area contributed by atoms with Gasteiger partial charge in [-0.2, -0.15) is 0 Å². The van der Waals surface area contributed by atoms with Crippen LogP contribution in [0.5, 0.6) is 0 Å². The molecular formula is C14H17BrN2O3. The van der Waals surface area contributed by atoms with Gasteiger partial charge < -0.3 is 14.9 Å². The zero-order valence-electron chi connectivity index (χ0n) is 11.3. The van der Waals surface area contributed by atoms with Crippen LogP contribution >= 0.6 is 15.9 Å². The van der Waals surface area contributed by atoms with Gasteiger partial charge in [0.25, 0.3) is 11.8 Å². The molecule has 0 saturated carbocycles. The molecule has 1 unspecified atom stereocenters. The van der Waals surface area contributed by atoms with Crippen LogP contribution in [-0.4, -0.2) is 59.0 Å². The second kappa shape index (κ2) is 6.37. The Hall–Kier alpha value is -1.40. The number of nitrogens with zero attached hydrogens (tertiary/aromatic N) is 2. The molecule has 1 aromatic carbocycles. The fourth-order valence-electron chi connectivity index (χ4n) is 2.17. The van der Waals surface area contributed by atoms with Gasteiger partial charge in [0.05, 0.1) is 0 Å². The van der Waals surface area contributed by atoms with Gasteiger partial charge in [-0.05, 0) is 31.2 Å². The van der Waals surface area contributed by atoms with Crippen LogP contribution in [0.15, 0.2) is 28.7 Å². The van der Waals surface area contributed by atoms with E-state index in [1.165, 1.54) is 6.92 Å². The van der Waals surface area contributed by atoms with Gasteiger partial charge in [0.2, 0.25) is 0 Å². The Labute approximate surface area is 126 Å². The zero-order chi connectivity index (χ0) is 14.7. The van der Waals surface area contributed by atoms with E-state index in [1.807, 2.05) is 12.1 Å². The first-order valence-corrected chi connectivity index (χ1v) is 7.30. The molecular weight excluding hydrogens is 324 g/mol. The first kappa shape index (κ1) is 15.0. The zero-order valence-corrected chi connectivity index (χ0v) is 12.8. The highest BCUT2D eigenvalue weighted by atomic mass is 79.9. The Kier molecular flexibility index (Phi) is 4.77. The lowest BCUT2D eigenvalue weighted by Gasteiger charge is -2.35. The number of carbonyl (C=O) groups is 2. The predicted molar refractivity (Wildman–Crippen MR) is 78.3 cm³/mol. The molecule has 2 amide bonds. The third kappa shape index (κ3) is 3.37. The maximum Gasteiger partial charge on any atom is 0.253 e. The van der Waals surface area contributed by atoms with E-state index in [2.05, 4.69) is 15.9 Å². The maximum atomic E-state index is 12.3. The summed E-state index contributed by atoms with van der Waals surface area (Å²) in [6.07, 6.45) is -0.983. The normalized spacial score (nSPS) is 16.9. The molecule has 1 aliphatic rings. The lowest BCUT2D eigenvalue weighted by atomic mass is 10.2. The molecule has 6 heteroatoms. The number of aliphatic hydroxyl groups excluding tert-OH is 1. The Morgan fingerprint density at radius 1 is 1.10 bits per heavy atom. The largest absolute Gasteiger partial charge is 0.384 e. The first-order valence-electron chi connectivity index (χ1n) is 6.50. The third-order valence-electron chi connectivity index (χ3n) is 3.33. The summed E-state index contributed by atoms with van der Waals surface area (Å²) in [6, 6.07) is 7.22. The van der Waals surface area contributed by atoms with Crippen LogP contribution in [0, 0.1) is 0 Å². The Bertz CT molecular complexity index is 494. The molecule has 0 bridgehead atoms. The number of rotatable bonds is 2. The van der Waals surface area contributed by atoms with Gasteiger partial charge in [-0.15, -0.1) is 0 Å². The smallest absolute Gasteiger partial charge is 0.253 e. The van der Waals surface area contributed by atoms with Gasteiger partial charge >= 0.3 is 0 Å². The van der Waals surface area contributed by atoms with Crippen LogP contribution in [0.3, 0.4) is 0 Å². The molecule has 5 nitrogen and oxygen atoms in total. The highest BCUT2D eigenvalue weighted by molar-refractivity contribution is 9.10. The number of hydrogen-bond donors (Lipinski definition) is 1. The molecule has 1 fully saturated rings. The number of benzene rings is 1. The minimum absolute atomic E-state index is 0.0263. The van der Waals surface area contributed by atoms with Crippen molar-refractivity contribution in [2.24, 2.45) is 0 Å². The van der Waals surface area contributed by atoms with E-state index < -0.39 is 6.10 Å². The molecule has 1 saturated heterocycles. The van der Waals surface area contributed by atoms with Gasteiger partial charge in [0.15, 0.2) is 0 Å². The second-order valence-electron chi connectivity index (χ2n) is 4.80. The number of amides is 2. The molecule has 0 spiro atoms. The molecule has 1 atom stereocenters. The van der Waals surface area contributed by atoms with Crippen molar-refractivity contribution in [1.29, 1.82) is 0 Å². The molecule has 0 radical (unpaired) electrons. The van der Waals surface area contributed by atoms with Crippen molar-refractivity contribution in [1.82, 2.24) is 9.80 Å². The van der Waals surface area contributed by atoms with Crippen LogP contribution in [0.2, 0.25) is 0 Å². The van der Waals surface area contributed by atoms with Crippen molar-refractivity contribution in [3.05, 3.63) is 34.3 Å². The highest BCUT2D eigenvalue weighted by Crippen LogP contribution is 2.14. The average Bonchev–Trinajstić information content (AvgIpc) is 2.46. The van der Waals surface area contributed by atoms with Crippen LogP contribution in [-0.2, 0) is 4.79 Å². The third-order valence-corrected chi connectivity index (χ3v) is 3.86. The van der Waals surface area contributed by atoms with Crippen LogP contribution in [0.25, 0.3) is 0 Å². The summed E-state index contributed by atoms with van der Waals surface area (Å²) in [5.41, 5.74) is 0.642. The van der Waals surface area contributed by atoms with E-state index in [-0.39, 0.29) is 11.8 Å². The number of piperazine rings is 1. The summed E-state index contributed by atoms with van der Waals surface area (Å²) in [6.45, 7) is 3.38. The Morgan fingerprint density at radius 2 is 1.60 bits per heavy atom. The molecule has 0 aliphatic carbocycles. The summed E-state index contributed by atoms with van der Waals surface area (Å²) in [5.74, 6) is -0.303. The minimum Gasteiger partial charge on any atom is -0.384 e. The monoisotopic (exact) mass is 340 g/mol. The average molecular weight is 341 g/mol. The number of hydrogen-bond acceptors (Lipinski definition) is 3. The summed E-state index contributed by atoms with van der Waals surface area (Å²) in [7, 11) is 0. The molecule has 0 aromatic heterocycles. The molecule has 1 aromatic rings. The number of carbonyl (C=O) groups excluding carboxylic acids is 2. The lowest BCUT2D eigenvalue weighted by molar-refractivity contribution is -0.140. The van der Waals surface area contributed by atoms with E-state index in [0.29, 0.717) is 31.7 Å². The van der Waals surface area contributed by atoms with E-state index >= 15 is 0 Å². The van der Waals surface area contributed by atoms with Gasteiger partial charge in [0.1, 0.15) is 6.10 Å². The van der Waals surface area contributed by atoms with Gasteiger partial charge in [-0.1, -0.05) is 15.9 Å². The first-order chi connectivity index (χ1) is 9.49. The Balaban J connectivity index is 1.95. The fourth-order valence-corrected chi connectivity index (χ4v) is 2.43. The van der Waals surface area contributed by atoms with Gasteiger partial charge in [0, 0.05) is 36.2 Å². The van der Waals surface area contributed by atoms with Crippen molar-refractivity contribution >= 4 is 27.7 Å². The SMILES string of the molecule is CC(O)C(=O)N1CCN(C(=O)c2ccc(Br)cc2)CC1. The molecule has 20 heavy (non-hydrogen) atoms. The van der Waals surface area contributed by atoms with E-state index in [0.717, 1.165) is 4.47 Å².